The smallest absolute Gasteiger partial charge is 0.0774 e. The van der Waals surface area contributed by atoms with Crippen LogP contribution in [0.25, 0.3) is 0 Å². The number of hydrogen-bond acceptors (Lipinski definition) is 3. The van der Waals surface area contributed by atoms with Gasteiger partial charge in [0.2, 0.25) is 0 Å². The fraction of sp³-hybridized carbons (Fsp3) is 0.560. The molecule has 1 aliphatic heterocycles. The summed E-state index contributed by atoms with van der Waals surface area (Å²) in [5.74, 6) is 0.791. The van der Waals surface area contributed by atoms with Gasteiger partial charge in [0.1, 0.15) is 0 Å². The minimum absolute atomic E-state index is 0.251. The van der Waals surface area contributed by atoms with E-state index >= 15 is 0 Å². The maximum absolute atomic E-state index is 4.75. The summed E-state index contributed by atoms with van der Waals surface area (Å²) in [4.78, 5) is 9.94. The zero-order valence-corrected chi connectivity index (χ0v) is 17.6. The van der Waals surface area contributed by atoms with Crippen molar-refractivity contribution in [2.45, 2.75) is 51.5 Å². The Morgan fingerprint density at radius 1 is 1.11 bits per heavy atom. The van der Waals surface area contributed by atoms with Crippen LogP contribution in [-0.4, -0.2) is 48.0 Å². The summed E-state index contributed by atoms with van der Waals surface area (Å²) < 4.78 is 0. The number of nitrogens with zero attached hydrogens (tertiary/aromatic N) is 3. The van der Waals surface area contributed by atoms with E-state index in [1.165, 1.54) is 69.4 Å². The SMILES string of the molecule is CCCN1CCC(CN(C)C(c2ccc3c(c2)CCC3)c2ccccn2)CC1. The molecule has 1 fully saturated rings. The molecule has 0 amide bonds. The lowest BCUT2D eigenvalue weighted by Gasteiger charge is -2.36. The van der Waals surface area contributed by atoms with Crippen molar-refractivity contribution in [2.24, 2.45) is 5.92 Å². The van der Waals surface area contributed by atoms with Crippen LogP contribution in [0.15, 0.2) is 42.6 Å². The van der Waals surface area contributed by atoms with Gasteiger partial charge in [-0.05, 0) is 99.9 Å². The Bertz CT molecular complexity index is 750. The van der Waals surface area contributed by atoms with Crippen LogP contribution in [0.3, 0.4) is 0 Å². The molecule has 1 aliphatic carbocycles. The van der Waals surface area contributed by atoms with E-state index in [-0.39, 0.29) is 6.04 Å². The summed E-state index contributed by atoms with van der Waals surface area (Å²) in [5, 5.41) is 0. The van der Waals surface area contributed by atoms with Crippen LogP contribution >= 0.6 is 0 Å². The zero-order chi connectivity index (χ0) is 19.3. The van der Waals surface area contributed by atoms with E-state index < -0.39 is 0 Å². The van der Waals surface area contributed by atoms with Gasteiger partial charge in [0.15, 0.2) is 0 Å². The molecule has 3 nitrogen and oxygen atoms in total. The number of rotatable bonds is 7. The number of aromatic nitrogens is 1. The molecule has 28 heavy (non-hydrogen) atoms. The van der Waals surface area contributed by atoms with Crippen molar-refractivity contribution in [3.8, 4) is 0 Å². The number of fused-ring (bicyclic) bond motifs is 1. The van der Waals surface area contributed by atoms with Crippen LogP contribution in [0.5, 0.6) is 0 Å². The maximum atomic E-state index is 4.75. The molecule has 2 heterocycles. The predicted molar refractivity (Wildman–Crippen MR) is 117 cm³/mol. The third kappa shape index (κ3) is 4.47. The number of pyridine rings is 1. The Labute approximate surface area is 170 Å². The van der Waals surface area contributed by atoms with E-state index in [1.54, 1.807) is 11.1 Å². The molecule has 3 heteroatoms. The highest BCUT2D eigenvalue weighted by molar-refractivity contribution is 5.39. The lowest BCUT2D eigenvalue weighted by atomic mass is 9.93. The third-order valence-electron chi connectivity index (χ3n) is 6.64. The van der Waals surface area contributed by atoms with Crippen molar-refractivity contribution in [3.05, 3.63) is 65.0 Å². The normalized spacial score (nSPS) is 19.1. The molecule has 1 saturated heterocycles. The zero-order valence-electron chi connectivity index (χ0n) is 17.6. The number of likely N-dealkylation sites (tertiary alicyclic amines) is 1. The van der Waals surface area contributed by atoms with Crippen LogP contribution in [0.2, 0.25) is 0 Å². The summed E-state index contributed by atoms with van der Waals surface area (Å²) in [6.07, 6.45) is 9.64. The topological polar surface area (TPSA) is 19.4 Å². The van der Waals surface area contributed by atoms with Crippen LogP contribution in [0, 0.1) is 5.92 Å². The summed E-state index contributed by atoms with van der Waals surface area (Å²) >= 11 is 0. The quantitative estimate of drug-likeness (QED) is 0.696. The maximum Gasteiger partial charge on any atom is 0.0774 e. The second kappa shape index (κ2) is 9.19. The van der Waals surface area contributed by atoms with Gasteiger partial charge in [-0.25, -0.2) is 0 Å². The molecule has 1 aromatic heterocycles. The summed E-state index contributed by atoms with van der Waals surface area (Å²) in [6, 6.07) is 13.8. The van der Waals surface area contributed by atoms with Crippen molar-refractivity contribution in [2.75, 3.05) is 33.2 Å². The van der Waals surface area contributed by atoms with Crippen LogP contribution in [0.4, 0.5) is 0 Å². The Kier molecular flexibility index (Phi) is 6.43. The highest BCUT2D eigenvalue weighted by Gasteiger charge is 2.26. The van der Waals surface area contributed by atoms with Crippen molar-refractivity contribution in [3.63, 3.8) is 0 Å². The minimum atomic E-state index is 0.251. The Morgan fingerprint density at radius 2 is 1.93 bits per heavy atom. The number of aryl methyl sites for hydroxylation is 2. The second-order valence-electron chi connectivity index (χ2n) is 8.76. The van der Waals surface area contributed by atoms with Gasteiger partial charge in [-0.3, -0.25) is 9.88 Å². The standard InChI is InChI=1S/C25H35N3/c1-3-15-28-16-12-20(13-17-28)19-27(2)25(24-9-4-5-14-26-24)23-11-10-21-7-6-8-22(21)18-23/h4-5,9-11,14,18,20,25H,3,6-8,12-13,15-17,19H2,1-2H3. The van der Waals surface area contributed by atoms with Crippen LogP contribution in [-0.2, 0) is 12.8 Å². The molecule has 1 aromatic carbocycles. The molecule has 0 spiro atoms. The largest absolute Gasteiger partial charge is 0.303 e. The Hall–Kier alpha value is -1.71. The second-order valence-corrected chi connectivity index (χ2v) is 8.76. The lowest BCUT2D eigenvalue weighted by molar-refractivity contribution is 0.142. The van der Waals surface area contributed by atoms with Gasteiger partial charge in [-0.15, -0.1) is 0 Å². The molecule has 2 aromatic rings. The number of hydrogen-bond donors (Lipinski definition) is 0. The molecule has 2 aliphatic rings. The predicted octanol–water partition coefficient (Wildman–Crippen LogP) is 4.71. The van der Waals surface area contributed by atoms with E-state index in [0.717, 1.165) is 12.5 Å². The first kappa shape index (κ1) is 19.6. The molecule has 0 saturated carbocycles. The Balaban J connectivity index is 1.51. The van der Waals surface area contributed by atoms with E-state index in [2.05, 4.69) is 54.1 Å². The molecule has 4 rings (SSSR count). The average molecular weight is 378 g/mol. The van der Waals surface area contributed by atoms with Gasteiger partial charge in [-0.2, -0.15) is 0 Å². The minimum Gasteiger partial charge on any atom is -0.303 e. The fourth-order valence-corrected chi connectivity index (χ4v) is 5.17. The number of benzene rings is 1. The number of piperidine rings is 1. The molecule has 0 N–H and O–H groups in total. The molecular weight excluding hydrogens is 342 g/mol. The van der Waals surface area contributed by atoms with E-state index in [9.17, 15) is 0 Å². The molecule has 1 atom stereocenters. The average Bonchev–Trinajstić information content (AvgIpc) is 3.19. The monoisotopic (exact) mass is 377 g/mol. The first-order chi connectivity index (χ1) is 13.7. The van der Waals surface area contributed by atoms with E-state index in [1.807, 2.05) is 12.3 Å². The first-order valence-corrected chi connectivity index (χ1v) is 11.2. The highest BCUT2D eigenvalue weighted by atomic mass is 15.2. The van der Waals surface area contributed by atoms with Crippen molar-refractivity contribution in [1.29, 1.82) is 0 Å². The van der Waals surface area contributed by atoms with Gasteiger partial charge < -0.3 is 4.90 Å². The van der Waals surface area contributed by atoms with E-state index in [4.69, 9.17) is 4.98 Å². The fourth-order valence-electron chi connectivity index (χ4n) is 5.17. The van der Waals surface area contributed by atoms with Crippen LogP contribution in [0.1, 0.15) is 61.0 Å². The highest BCUT2D eigenvalue weighted by Crippen LogP contribution is 2.32. The van der Waals surface area contributed by atoms with E-state index in [0.29, 0.717) is 0 Å². The molecule has 0 radical (unpaired) electrons. The van der Waals surface area contributed by atoms with Gasteiger partial charge in [-0.1, -0.05) is 31.2 Å². The summed E-state index contributed by atoms with van der Waals surface area (Å²) in [5.41, 5.74) is 5.69. The van der Waals surface area contributed by atoms with Crippen molar-refractivity contribution in [1.82, 2.24) is 14.8 Å². The molecule has 150 valence electrons. The van der Waals surface area contributed by atoms with Crippen molar-refractivity contribution < 1.29 is 0 Å². The molecule has 1 unspecified atom stereocenters. The first-order valence-electron chi connectivity index (χ1n) is 11.2. The Morgan fingerprint density at radius 3 is 2.68 bits per heavy atom. The lowest BCUT2D eigenvalue weighted by Crippen LogP contribution is -2.39. The van der Waals surface area contributed by atoms with Gasteiger partial charge in [0, 0.05) is 12.7 Å². The molecular formula is C25H35N3. The van der Waals surface area contributed by atoms with Crippen LogP contribution < -0.4 is 0 Å². The summed E-state index contributed by atoms with van der Waals surface area (Å²) in [6.45, 7) is 7.22. The summed E-state index contributed by atoms with van der Waals surface area (Å²) in [7, 11) is 2.30. The van der Waals surface area contributed by atoms with Crippen molar-refractivity contribution >= 4 is 0 Å². The van der Waals surface area contributed by atoms with Gasteiger partial charge in [0.05, 0.1) is 11.7 Å². The van der Waals surface area contributed by atoms with Gasteiger partial charge in [0.25, 0.3) is 0 Å². The molecule has 0 bridgehead atoms. The third-order valence-corrected chi connectivity index (χ3v) is 6.64. The van der Waals surface area contributed by atoms with Gasteiger partial charge >= 0.3 is 0 Å².